The predicted octanol–water partition coefficient (Wildman–Crippen LogP) is 5.50. The minimum absolute atomic E-state index is 0.0462. The van der Waals surface area contributed by atoms with Crippen LogP contribution in [0.25, 0.3) is 17.0 Å². The van der Waals surface area contributed by atoms with Gasteiger partial charge in [-0.2, -0.15) is 0 Å². The molecule has 4 rings (SSSR count). The molecule has 4 heteroatoms. The van der Waals surface area contributed by atoms with Crippen LogP contribution in [0.4, 0.5) is 0 Å². The molecular formula is C24H28O4. The second-order valence-corrected chi connectivity index (χ2v) is 9.58. The highest BCUT2D eigenvalue weighted by Crippen LogP contribution is 2.54. The van der Waals surface area contributed by atoms with E-state index in [0.29, 0.717) is 16.9 Å². The first kappa shape index (κ1) is 18.9. The topological polar surface area (TPSA) is 48.7 Å². The van der Waals surface area contributed by atoms with E-state index < -0.39 is 11.0 Å². The fourth-order valence-electron chi connectivity index (χ4n) is 3.95. The van der Waals surface area contributed by atoms with E-state index in [2.05, 4.69) is 26.5 Å². The van der Waals surface area contributed by atoms with Crippen LogP contribution in [0.3, 0.4) is 0 Å². The van der Waals surface area contributed by atoms with Gasteiger partial charge in [-0.15, -0.1) is 6.58 Å². The molecule has 0 aliphatic carbocycles. The maximum atomic E-state index is 12.9. The van der Waals surface area contributed by atoms with Gasteiger partial charge in [0.15, 0.2) is 0 Å². The summed E-state index contributed by atoms with van der Waals surface area (Å²) >= 11 is 0. The summed E-state index contributed by atoms with van der Waals surface area (Å²) in [5, 5.41) is 0.807. The number of ether oxygens (including phenoxy) is 2. The maximum Gasteiger partial charge on any atom is 0.340 e. The Balaban J connectivity index is 2.18. The van der Waals surface area contributed by atoms with E-state index in [-0.39, 0.29) is 17.1 Å². The molecule has 0 radical (unpaired) electrons. The normalized spacial score (nSPS) is 21.6. The van der Waals surface area contributed by atoms with Gasteiger partial charge in [0.25, 0.3) is 0 Å². The van der Waals surface area contributed by atoms with E-state index in [0.717, 1.165) is 22.3 Å². The van der Waals surface area contributed by atoms with E-state index in [1.165, 1.54) is 0 Å². The molecule has 0 saturated carbocycles. The summed E-state index contributed by atoms with van der Waals surface area (Å²) < 4.78 is 18.5. The Kier molecular flexibility index (Phi) is 3.72. The lowest BCUT2D eigenvalue weighted by Crippen LogP contribution is -2.30. The van der Waals surface area contributed by atoms with Crippen molar-refractivity contribution in [3.8, 4) is 11.5 Å². The Morgan fingerprint density at radius 3 is 2.50 bits per heavy atom. The number of hydrogen-bond acceptors (Lipinski definition) is 4. The number of benzene rings is 1. The SMILES string of the molecule is C=CC(C)(C)c1cc2c3c(c4c(c2oc1=O)C(C)(C)[C@H](C)O4)C=CC(C)(C)O3. The molecule has 0 bridgehead atoms. The van der Waals surface area contributed by atoms with Gasteiger partial charge in [0, 0.05) is 22.0 Å². The van der Waals surface area contributed by atoms with Gasteiger partial charge in [0.05, 0.1) is 10.9 Å². The molecule has 2 aliphatic rings. The molecule has 0 fully saturated rings. The van der Waals surface area contributed by atoms with Gasteiger partial charge in [0.2, 0.25) is 0 Å². The highest BCUT2D eigenvalue weighted by Gasteiger charge is 2.45. The average molecular weight is 380 g/mol. The molecule has 2 aromatic rings. The number of fused-ring (bicyclic) bond motifs is 6. The Hall–Kier alpha value is -2.49. The lowest BCUT2D eigenvalue weighted by Gasteiger charge is -2.30. The van der Waals surface area contributed by atoms with Crippen LogP contribution < -0.4 is 15.1 Å². The van der Waals surface area contributed by atoms with Gasteiger partial charge in [-0.25, -0.2) is 4.79 Å². The molecule has 0 unspecified atom stereocenters. The molecule has 3 heterocycles. The largest absolute Gasteiger partial charge is 0.489 e. The zero-order valence-electron chi connectivity index (χ0n) is 17.7. The first-order valence-corrected chi connectivity index (χ1v) is 9.76. The lowest BCUT2D eigenvalue weighted by atomic mass is 9.79. The van der Waals surface area contributed by atoms with E-state index in [1.54, 1.807) is 6.08 Å². The van der Waals surface area contributed by atoms with Crippen molar-refractivity contribution < 1.29 is 13.9 Å². The van der Waals surface area contributed by atoms with Crippen LogP contribution in [-0.2, 0) is 10.8 Å². The van der Waals surface area contributed by atoms with E-state index >= 15 is 0 Å². The van der Waals surface area contributed by atoms with Crippen molar-refractivity contribution in [2.24, 2.45) is 0 Å². The highest BCUT2D eigenvalue weighted by atomic mass is 16.5. The van der Waals surface area contributed by atoms with Crippen LogP contribution in [0.5, 0.6) is 11.5 Å². The third-order valence-corrected chi connectivity index (χ3v) is 6.31. The Labute approximate surface area is 165 Å². The van der Waals surface area contributed by atoms with E-state index in [1.807, 2.05) is 46.8 Å². The zero-order valence-corrected chi connectivity index (χ0v) is 17.7. The average Bonchev–Trinajstić information content (AvgIpc) is 2.83. The van der Waals surface area contributed by atoms with Crippen molar-refractivity contribution in [2.45, 2.75) is 71.0 Å². The van der Waals surface area contributed by atoms with Crippen molar-refractivity contribution in [1.82, 2.24) is 0 Å². The van der Waals surface area contributed by atoms with Crippen molar-refractivity contribution in [3.05, 3.63) is 51.9 Å². The minimum Gasteiger partial charge on any atom is -0.489 e. The molecule has 0 saturated heterocycles. The Morgan fingerprint density at radius 1 is 1.18 bits per heavy atom. The molecule has 1 aromatic carbocycles. The van der Waals surface area contributed by atoms with E-state index in [9.17, 15) is 4.79 Å². The summed E-state index contributed by atoms with van der Waals surface area (Å²) in [4.78, 5) is 12.9. The number of allylic oxidation sites excluding steroid dienone is 1. The second-order valence-electron chi connectivity index (χ2n) is 9.58. The van der Waals surface area contributed by atoms with Gasteiger partial charge in [-0.05, 0) is 39.0 Å². The third-order valence-electron chi connectivity index (χ3n) is 6.31. The third kappa shape index (κ3) is 2.47. The van der Waals surface area contributed by atoms with Crippen LogP contribution in [0, 0.1) is 0 Å². The fourth-order valence-corrected chi connectivity index (χ4v) is 3.95. The standard InChI is InChI=1S/C24H28O4/c1-9-22(3,4)16-12-15-18-14(10-11-23(5,6)28-18)19-17(20(15)27-21(16)25)24(7,8)13(2)26-19/h9-13H,1H2,2-8H3/t13-/m0/s1. The maximum absolute atomic E-state index is 12.9. The highest BCUT2D eigenvalue weighted by molar-refractivity contribution is 5.96. The molecule has 0 amide bonds. The summed E-state index contributed by atoms with van der Waals surface area (Å²) in [5.74, 6) is 1.46. The molecule has 0 N–H and O–H groups in total. The van der Waals surface area contributed by atoms with Crippen LogP contribution in [-0.4, -0.2) is 11.7 Å². The molecule has 2 aliphatic heterocycles. The van der Waals surface area contributed by atoms with Crippen molar-refractivity contribution in [1.29, 1.82) is 0 Å². The molecule has 28 heavy (non-hydrogen) atoms. The molecule has 4 nitrogen and oxygen atoms in total. The summed E-state index contributed by atoms with van der Waals surface area (Å²) in [5.41, 5.74) is 1.35. The van der Waals surface area contributed by atoms with Crippen LogP contribution in [0.2, 0.25) is 0 Å². The number of hydrogen-bond donors (Lipinski definition) is 0. The number of rotatable bonds is 2. The summed E-state index contributed by atoms with van der Waals surface area (Å²) in [6, 6.07) is 1.91. The first-order valence-electron chi connectivity index (χ1n) is 9.76. The monoisotopic (exact) mass is 380 g/mol. The Morgan fingerprint density at radius 2 is 1.86 bits per heavy atom. The minimum atomic E-state index is -0.514. The van der Waals surface area contributed by atoms with Crippen LogP contribution >= 0.6 is 0 Å². The van der Waals surface area contributed by atoms with Crippen molar-refractivity contribution in [3.63, 3.8) is 0 Å². The van der Waals surface area contributed by atoms with Gasteiger partial charge in [-0.1, -0.05) is 33.8 Å². The molecule has 1 atom stereocenters. The quantitative estimate of drug-likeness (QED) is 0.510. The summed E-state index contributed by atoms with van der Waals surface area (Å²) in [6.07, 6.45) is 5.82. The lowest BCUT2D eigenvalue weighted by molar-refractivity contribution is 0.158. The first-order chi connectivity index (χ1) is 12.9. The van der Waals surface area contributed by atoms with Gasteiger partial charge in [-0.3, -0.25) is 0 Å². The predicted molar refractivity (Wildman–Crippen MR) is 113 cm³/mol. The molecule has 1 aromatic heterocycles. The smallest absolute Gasteiger partial charge is 0.340 e. The van der Waals surface area contributed by atoms with Gasteiger partial charge >= 0.3 is 5.63 Å². The summed E-state index contributed by atoms with van der Waals surface area (Å²) in [7, 11) is 0. The van der Waals surface area contributed by atoms with E-state index in [4.69, 9.17) is 13.9 Å². The van der Waals surface area contributed by atoms with Crippen LogP contribution in [0.15, 0.2) is 34.0 Å². The second kappa shape index (κ2) is 5.53. The van der Waals surface area contributed by atoms with Crippen LogP contribution in [0.1, 0.15) is 65.2 Å². The molecule has 148 valence electrons. The Bertz CT molecular complexity index is 1100. The van der Waals surface area contributed by atoms with Gasteiger partial charge in [0.1, 0.15) is 28.8 Å². The van der Waals surface area contributed by atoms with Crippen molar-refractivity contribution >= 4 is 17.0 Å². The van der Waals surface area contributed by atoms with Crippen molar-refractivity contribution in [2.75, 3.05) is 0 Å². The molecular weight excluding hydrogens is 352 g/mol. The molecule has 0 spiro atoms. The van der Waals surface area contributed by atoms with Gasteiger partial charge < -0.3 is 13.9 Å². The summed E-state index contributed by atoms with van der Waals surface area (Å²) in [6.45, 7) is 18.1. The fraction of sp³-hybridized carbons (Fsp3) is 0.458. The zero-order chi connectivity index (χ0) is 20.6.